The number of pyridine rings is 2. The van der Waals surface area contributed by atoms with Crippen LogP contribution in [0.25, 0.3) is 22.3 Å². The molecule has 3 aromatic heterocycles. The molecule has 0 atom stereocenters. The summed E-state index contributed by atoms with van der Waals surface area (Å²) in [6, 6.07) is 5.88. The number of fused-ring (bicyclic) bond motifs is 3. The molecule has 0 aromatic carbocycles. The third-order valence-corrected chi connectivity index (χ3v) is 4.62. The number of esters is 1. The van der Waals surface area contributed by atoms with Crippen LogP contribution in [-0.2, 0) is 4.74 Å². The minimum absolute atomic E-state index is 0.297. The second-order valence-electron chi connectivity index (χ2n) is 5.40. The van der Waals surface area contributed by atoms with Crippen LogP contribution in [-0.4, -0.2) is 26.9 Å². The van der Waals surface area contributed by atoms with Gasteiger partial charge in [0.2, 0.25) is 0 Å². The minimum Gasteiger partial charge on any atom is -0.461 e. The Morgan fingerprint density at radius 2 is 2.22 bits per heavy atom. The Bertz CT molecular complexity index is 975. The van der Waals surface area contributed by atoms with Gasteiger partial charge in [-0.3, -0.25) is 4.40 Å². The lowest BCUT2D eigenvalue weighted by Crippen LogP contribution is -2.04. The topological polar surface area (TPSA) is 56.5 Å². The molecular weight excluding hydrogens is 358 g/mol. The van der Waals surface area contributed by atoms with E-state index < -0.39 is 5.97 Å². The first-order valence-electron chi connectivity index (χ1n) is 7.52. The summed E-state index contributed by atoms with van der Waals surface area (Å²) in [7, 11) is 0. The summed E-state index contributed by atoms with van der Waals surface area (Å²) >= 11 is 3.62. The number of carbonyl (C=O) groups is 1. The molecular formula is C17H14BrN3O2. The summed E-state index contributed by atoms with van der Waals surface area (Å²) < 4.78 is 7.86. The highest BCUT2D eigenvalue weighted by Crippen LogP contribution is 2.32. The van der Waals surface area contributed by atoms with E-state index in [0.717, 1.165) is 34.0 Å². The van der Waals surface area contributed by atoms with Crippen LogP contribution in [0.4, 0.5) is 0 Å². The zero-order chi connectivity index (χ0) is 16.0. The summed E-state index contributed by atoms with van der Waals surface area (Å²) in [6.07, 6.45) is 6.04. The largest absolute Gasteiger partial charge is 0.461 e. The quantitative estimate of drug-likeness (QED) is 0.653. The lowest BCUT2D eigenvalue weighted by molar-refractivity contribution is 0.0520. The maximum Gasteiger partial charge on any atom is 0.358 e. The van der Waals surface area contributed by atoms with Crippen molar-refractivity contribution >= 4 is 44.2 Å². The third-order valence-electron chi connectivity index (χ3n) is 3.97. The SMILES string of the molecule is CCOC(=O)c1cn2c(ccc3c(Br)cc(C4=CCC4)nc32)n1. The number of ether oxygens (including phenoxy) is 1. The lowest BCUT2D eigenvalue weighted by Gasteiger charge is -2.15. The van der Waals surface area contributed by atoms with E-state index in [4.69, 9.17) is 9.72 Å². The molecule has 1 aliphatic carbocycles. The number of halogens is 1. The van der Waals surface area contributed by atoms with Crippen molar-refractivity contribution in [3.8, 4) is 0 Å². The number of nitrogens with zero attached hydrogens (tertiary/aromatic N) is 3. The fourth-order valence-corrected chi connectivity index (χ4v) is 3.20. The zero-order valence-electron chi connectivity index (χ0n) is 12.5. The number of hydrogen-bond donors (Lipinski definition) is 0. The van der Waals surface area contributed by atoms with Crippen LogP contribution in [0.5, 0.6) is 0 Å². The van der Waals surface area contributed by atoms with Gasteiger partial charge in [-0.05, 0) is 59.5 Å². The number of allylic oxidation sites excluding steroid dienone is 2. The summed E-state index contributed by atoms with van der Waals surface area (Å²) in [6.45, 7) is 2.11. The third kappa shape index (κ3) is 2.34. The van der Waals surface area contributed by atoms with Crippen molar-refractivity contribution < 1.29 is 9.53 Å². The fourth-order valence-electron chi connectivity index (χ4n) is 2.68. The highest BCUT2D eigenvalue weighted by molar-refractivity contribution is 9.10. The Hall–Kier alpha value is -2.21. The van der Waals surface area contributed by atoms with E-state index in [1.165, 1.54) is 5.57 Å². The van der Waals surface area contributed by atoms with Gasteiger partial charge in [-0.1, -0.05) is 6.08 Å². The van der Waals surface area contributed by atoms with Crippen molar-refractivity contribution in [2.24, 2.45) is 0 Å². The smallest absolute Gasteiger partial charge is 0.358 e. The summed E-state index contributed by atoms with van der Waals surface area (Å²) in [5.41, 5.74) is 3.98. The summed E-state index contributed by atoms with van der Waals surface area (Å²) in [4.78, 5) is 21.0. The van der Waals surface area contributed by atoms with E-state index in [9.17, 15) is 4.79 Å². The number of carbonyl (C=O) groups excluding carboxylic acids is 1. The van der Waals surface area contributed by atoms with Crippen LogP contribution >= 0.6 is 15.9 Å². The van der Waals surface area contributed by atoms with Crippen LogP contribution in [0.2, 0.25) is 0 Å². The van der Waals surface area contributed by atoms with Crippen molar-refractivity contribution in [2.45, 2.75) is 19.8 Å². The number of rotatable bonds is 3. The van der Waals surface area contributed by atoms with Crippen molar-refractivity contribution in [1.29, 1.82) is 0 Å². The van der Waals surface area contributed by atoms with Gasteiger partial charge in [0, 0.05) is 16.1 Å². The normalized spacial score (nSPS) is 13.9. The number of imidazole rings is 1. The zero-order valence-corrected chi connectivity index (χ0v) is 14.1. The molecule has 116 valence electrons. The Morgan fingerprint density at radius 1 is 1.39 bits per heavy atom. The average Bonchev–Trinajstić information content (AvgIpc) is 2.90. The number of aromatic nitrogens is 3. The van der Waals surface area contributed by atoms with Gasteiger partial charge in [0.05, 0.1) is 12.3 Å². The fraction of sp³-hybridized carbons (Fsp3) is 0.235. The highest BCUT2D eigenvalue weighted by Gasteiger charge is 2.17. The van der Waals surface area contributed by atoms with E-state index >= 15 is 0 Å². The van der Waals surface area contributed by atoms with Gasteiger partial charge in [-0.2, -0.15) is 0 Å². The van der Waals surface area contributed by atoms with Crippen molar-refractivity contribution in [1.82, 2.24) is 14.4 Å². The molecule has 4 rings (SSSR count). The first-order valence-corrected chi connectivity index (χ1v) is 8.31. The summed E-state index contributed by atoms with van der Waals surface area (Å²) in [5, 5.41) is 0.981. The van der Waals surface area contributed by atoms with Gasteiger partial charge >= 0.3 is 5.97 Å². The predicted octanol–water partition coefficient (Wildman–Crippen LogP) is 4.00. The molecule has 0 saturated heterocycles. The molecule has 0 aliphatic heterocycles. The minimum atomic E-state index is -0.415. The van der Waals surface area contributed by atoms with Crippen LogP contribution in [0, 0.1) is 0 Å². The Balaban J connectivity index is 1.95. The molecule has 1 aliphatic rings. The molecule has 6 heteroatoms. The molecule has 3 heterocycles. The van der Waals surface area contributed by atoms with E-state index in [0.29, 0.717) is 17.9 Å². The molecule has 5 nitrogen and oxygen atoms in total. The van der Waals surface area contributed by atoms with Gasteiger partial charge in [-0.15, -0.1) is 0 Å². The number of hydrogen-bond acceptors (Lipinski definition) is 4. The second kappa shape index (κ2) is 5.45. The molecule has 0 saturated carbocycles. The van der Waals surface area contributed by atoms with E-state index in [-0.39, 0.29) is 0 Å². The van der Waals surface area contributed by atoms with Crippen molar-refractivity contribution in [3.63, 3.8) is 0 Å². The Morgan fingerprint density at radius 3 is 2.91 bits per heavy atom. The van der Waals surface area contributed by atoms with E-state index in [1.54, 1.807) is 13.1 Å². The molecule has 0 amide bonds. The lowest BCUT2D eigenvalue weighted by atomic mass is 9.95. The maximum atomic E-state index is 11.9. The van der Waals surface area contributed by atoms with Gasteiger partial charge in [0.1, 0.15) is 11.3 Å². The van der Waals surface area contributed by atoms with Crippen LogP contribution in [0.3, 0.4) is 0 Å². The van der Waals surface area contributed by atoms with Crippen LogP contribution in [0.1, 0.15) is 35.9 Å². The van der Waals surface area contributed by atoms with Crippen LogP contribution < -0.4 is 0 Å². The molecule has 23 heavy (non-hydrogen) atoms. The van der Waals surface area contributed by atoms with Crippen molar-refractivity contribution in [2.75, 3.05) is 6.61 Å². The molecule has 0 fully saturated rings. The Labute approximate surface area is 141 Å². The van der Waals surface area contributed by atoms with Gasteiger partial charge in [-0.25, -0.2) is 14.8 Å². The summed E-state index contributed by atoms with van der Waals surface area (Å²) in [5.74, 6) is -0.415. The molecule has 3 aromatic rings. The molecule has 0 radical (unpaired) electrons. The first-order chi connectivity index (χ1) is 11.2. The molecule has 0 bridgehead atoms. The standard InChI is InChI=1S/C17H14BrN3O2/c1-2-23-17(22)14-9-21-15(19-14)7-6-11-12(18)8-13(20-16(11)21)10-4-3-5-10/h4,6-9H,2-3,5H2,1H3. The molecule has 0 unspecified atom stereocenters. The van der Waals surface area contributed by atoms with Gasteiger partial charge in [0.15, 0.2) is 5.69 Å². The monoisotopic (exact) mass is 371 g/mol. The predicted molar refractivity (Wildman–Crippen MR) is 91.4 cm³/mol. The second-order valence-corrected chi connectivity index (χ2v) is 6.26. The van der Waals surface area contributed by atoms with Crippen LogP contribution in [0.15, 0.2) is 34.9 Å². The Kier molecular flexibility index (Phi) is 3.41. The molecule has 0 spiro atoms. The molecule has 0 N–H and O–H groups in total. The van der Waals surface area contributed by atoms with Gasteiger partial charge < -0.3 is 4.74 Å². The first kappa shape index (κ1) is 14.4. The van der Waals surface area contributed by atoms with E-state index in [2.05, 4.69) is 27.0 Å². The van der Waals surface area contributed by atoms with E-state index in [1.807, 2.05) is 22.6 Å². The van der Waals surface area contributed by atoms with Gasteiger partial charge in [0.25, 0.3) is 0 Å². The van der Waals surface area contributed by atoms with Crippen molar-refractivity contribution in [3.05, 3.63) is 46.3 Å². The average molecular weight is 372 g/mol. The maximum absolute atomic E-state index is 11.9. The highest BCUT2D eigenvalue weighted by atomic mass is 79.9.